The lowest BCUT2D eigenvalue weighted by Crippen LogP contribution is -2.69. The summed E-state index contributed by atoms with van der Waals surface area (Å²) in [6.07, 6.45) is -2.99. The minimum atomic E-state index is -5.44. The largest absolute Gasteiger partial charge is 0.463 e. The molecule has 0 fully saturated rings. The van der Waals surface area contributed by atoms with Gasteiger partial charge in [0, 0.05) is 4.88 Å². The van der Waals surface area contributed by atoms with E-state index in [2.05, 4.69) is 4.74 Å². The van der Waals surface area contributed by atoms with Gasteiger partial charge in [0.2, 0.25) is 0 Å². The molecular weight excluding hydrogens is 466 g/mol. The van der Waals surface area contributed by atoms with Crippen LogP contribution >= 0.6 is 11.3 Å². The Labute approximate surface area is 190 Å². The fraction of sp³-hybridized carbons (Fsp3) is 0.381. The molecule has 12 heteroatoms. The Kier molecular flexibility index (Phi) is 6.96. The van der Waals surface area contributed by atoms with Crippen molar-refractivity contribution in [3.63, 3.8) is 0 Å². The number of anilines is 1. The number of nitrogens with one attached hydrogen (secondary N) is 2. The van der Waals surface area contributed by atoms with E-state index in [9.17, 15) is 31.9 Å². The Bertz CT molecular complexity index is 1090. The number of hydrogen-bond acceptors (Lipinski definition) is 6. The van der Waals surface area contributed by atoms with Gasteiger partial charge in [0.05, 0.1) is 17.7 Å². The molecule has 2 amide bonds. The van der Waals surface area contributed by atoms with Crippen LogP contribution in [0.4, 0.5) is 22.6 Å². The minimum Gasteiger partial charge on any atom is -0.463 e. The van der Waals surface area contributed by atoms with Crippen molar-refractivity contribution in [3.05, 3.63) is 51.7 Å². The van der Waals surface area contributed by atoms with Crippen LogP contribution in [0, 0.1) is 5.82 Å². The van der Waals surface area contributed by atoms with E-state index in [0.717, 1.165) is 36.3 Å². The standard InChI is InChI=1S/C21H21F4N3O4S/c1-2-32-19(31)20(21(23,24)25,27-17(30)11-7-3-5-9-13(11)22)28-18-15(16(26)29)12-8-4-6-10-14(12)33-18/h3,5,7,9,28H,2,4,6,8,10H2,1H3,(H2,26,29)(H,27,30). The second-order valence-electron chi connectivity index (χ2n) is 7.31. The third-order valence-corrected chi connectivity index (χ3v) is 6.35. The quantitative estimate of drug-likeness (QED) is 0.314. The van der Waals surface area contributed by atoms with Gasteiger partial charge in [-0.15, -0.1) is 11.3 Å². The number of esters is 1. The summed E-state index contributed by atoms with van der Waals surface area (Å²) in [7, 11) is 0. The number of halogens is 4. The molecule has 178 valence electrons. The molecule has 1 aromatic carbocycles. The second kappa shape index (κ2) is 9.38. The normalized spacial score (nSPS) is 15.2. The average molecular weight is 487 g/mol. The van der Waals surface area contributed by atoms with Crippen LogP contribution in [0.25, 0.3) is 0 Å². The number of primary amides is 1. The summed E-state index contributed by atoms with van der Waals surface area (Å²) in [4.78, 5) is 38.1. The summed E-state index contributed by atoms with van der Waals surface area (Å²) in [6, 6.07) is 4.36. The van der Waals surface area contributed by atoms with Gasteiger partial charge in [-0.2, -0.15) is 13.2 Å². The fourth-order valence-electron chi connectivity index (χ4n) is 3.60. The molecule has 0 spiro atoms. The topological polar surface area (TPSA) is 111 Å². The Morgan fingerprint density at radius 2 is 1.82 bits per heavy atom. The second-order valence-corrected chi connectivity index (χ2v) is 8.41. The van der Waals surface area contributed by atoms with Crippen LogP contribution in [0.1, 0.15) is 50.9 Å². The Hall–Kier alpha value is -3.15. The zero-order chi connectivity index (χ0) is 24.4. The van der Waals surface area contributed by atoms with E-state index in [1.807, 2.05) is 5.32 Å². The molecule has 1 aliphatic carbocycles. The highest BCUT2D eigenvalue weighted by Crippen LogP contribution is 2.42. The molecule has 1 heterocycles. The van der Waals surface area contributed by atoms with E-state index in [-0.39, 0.29) is 10.6 Å². The number of aryl methyl sites for hydroxylation is 1. The van der Waals surface area contributed by atoms with Crippen LogP contribution in [0.5, 0.6) is 0 Å². The van der Waals surface area contributed by atoms with E-state index in [1.165, 1.54) is 19.1 Å². The number of amides is 2. The highest BCUT2D eigenvalue weighted by atomic mass is 32.1. The number of alkyl halides is 3. The first-order valence-electron chi connectivity index (χ1n) is 10.0. The number of hydrogen-bond donors (Lipinski definition) is 3. The smallest absolute Gasteiger partial charge is 0.441 e. The predicted molar refractivity (Wildman–Crippen MR) is 112 cm³/mol. The van der Waals surface area contributed by atoms with Gasteiger partial charge in [-0.1, -0.05) is 12.1 Å². The van der Waals surface area contributed by atoms with Gasteiger partial charge in [-0.3, -0.25) is 9.59 Å². The number of rotatable bonds is 7. The number of carbonyl (C=O) groups is 3. The van der Waals surface area contributed by atoms with Crippen molar-refractivity contribution in [3.8, 4) is 0 Å². The summed E-state index contributed by atoms with van der Waals surface area (Å²) in [6.45, 7) is 0.855. The summed E-state index contributed by atoms with van der Waals surface area (Å²) in [5.41, 5.74) is 1.28. The molecule has 1 aliphatic rings. The summed E-state index contributed by atoms with van der Waals surface area (Å²) in [5.74, 6) is -5.44. The molecule has 0 aliphatic heterocycles. The van der Waals surface area contributed by atoms with Crippen LogP contribution in [-0.4, -0.2) is 36.2 Å². The molecule has 1 unspecified atom stereocenters. The molecule has 0 saturated carbocycles. The average Bonchev–Trinajstić information content (AvgIpc) is 3.10. The van der Waals surface area contributed by atoms with E-state index < -0.39 is 47.6 Å². The lowest BCUT2D eigenvalue weighted by Gasteiger charge is -2.35. The third-order valence-electron chi connectivity index (χ3n) is 5.15. The highest BCUT2D eigenvalue weighted by molar-refractivity contribution is 7.16. The minimum absolute atomic E-state index is 0.173. The molecule has 33 heavy (non-hydrogen) atoms. The maximum Gasteiger partial charge on any atom is 0.441 e. The number of carbonyl (C=O) groups excluding carboxylic acids is 3. The molecule has 0 radical (unpaired) electrons. The number of ether oxygens (including phenoxy) is 1. The first-order valence-corrected chi connectivity index (χ1v) is 10.9. The molecular formula is C21H21F4N3O4S. The highest BCUT2D eigenvalue weighted by Gasteiger charge is 2.64. The zero-order valence-electron chi connectivity index (χ0n) is 17.5. The first-order chi connectivity index (χ1) is 15.5. The molecule has 4 N–H and O–H groups in total. The van der Waals surface area contributed by atoms with Crippen molar-refractivity contribution in [2.24, 2.45) is 5.73 Å². The van der Waals surface area contributed by atoms with Crippen molar-refractivity contribution in [2.45, 2.75) is 44.4 Å². The molecule has 1 atom stereocenters. The Morgan fingerprint density at radius 3 is 2.42 bits per heavy atom. The number of thiophene rings is 1. The maximum absolute atomic E-state index is 14.4. The molecule has 7 nitrogen and oxygen atoms in total. The van der Waals surface area contributed by atoms with Crippen LogP contribution in [0.2, 0.25) is 0 Å². The van der Waals surface area contributed by atoms with Gasteiger partial charge < -0.3 is 21.1 Å². The van der Waals surface area contributed by atoms with Crippen molar-refractivity contribution >= 4 is 34.1 Å². The number of fused-ring (bicyclic) bond motifs is 1. The lowest BCUT2D eigenvalue weighted by atomic mass is 9.95. The van der Waals surface area contributed by atoms with Gasteiger partial charge in [0.1, 0.15) is 10.8 Å². The third kappa shape index (κ3) is 4.65. The van der Waals surface area contributed by atoms with Gasteiger partial charge >= 0.3 is 17.8 Å². The van der Waals surface area contributed by atoms with E-state index in [4.69, 9.17) is 5.73 Å². The zero-order valence-corrected chi connectivity index (χ0v) is 18.3. The predicted octanol–water partition coefficient (Wildman–Crippen LogP) is 3.53. The van der Waals surface area contributed by atoms with Gasteiger partial charge in [0.15, 0.2) is 0 Å². The SMILES string of the molecule is CCOC(=O)C(NC(=O)c1ccccc1F)(Nc1sc2c(c1C(N)=O)CCCC2)C(F)(F)F. The summed E-state index contributed by atoms with van der Waals surface area (Å²) in [5, 5.41) is 3.25. The molecule has 0 saturated heterocycles. The molecule has 2 aromatic rings. The molecule has 3 rings (SSSR count). The van der Waals surface area contributed by atoms with Crippen LogP contribution in [0.15, 0.2) is 24.3 Å². The summed E-state index contributed by atoms with van der Waals surface area (Å²) >= 11 is 0.850. The van der Waals surface area contributed by atoms with Crippen molar-refractivity contribution in [2.75, 3.05) is 11.9 Å². The van der Waals surface area contributed by atoms with Crippen LogP contribution in [0.3, 0.4) is 0 Å². The van der Waals surface area contributed by atoms with Gasteiger partial charge in [0.25, 0.3) is 11.8 Å². The van der Waals surface area contributed by atoms with Crippen LogP contribution in [-0.2, 0) is 22.4 Å². The number of benzene rings is 1. The van der Waals surface area contributed by atoms with Crippen LogP contribution < -0.4 is 16.4 Å². The van der Waals surface area contributed by atoms with Crippen molar-refractivity contribution in [1.29, 1.82) is 0 Å². The van der Waals surface area contributed by atoms with E-state index in [1.54, 1.807) is 5.32 Å². The Morgan fingerprint density at radius 1 is 1.15 bits per heavy atom. The van der Waals surface area contributed by atoms with E-state index >= 15 is 0 Å². The summed E-state index contributed by atoms with van der Waals surface area (Å²) < 4.78 is 62.0. The van der Waals surface area contributed by atoms with Gasteiger partial charge in [-0.25, -0.2) is 9.18 Å². The lowest BCUT2D eigenvalue weighted by molar-refractivity contribution is -0.204. The monoisotopic (exact) mass is 487 g/mol. The van der Waals surface area contributed by atoms with Crippen molar-refractivity contribution < 1.29 is 36.7 Å². The molecule has 0 bridgehead atoms. The van der Waals surface area contributed by atoms with E-state index in [0.29, 0.717) is 23.3 Å². The number of nitrogens with two attached hydrogens (primary N) is 1. The Balaban J connectivity index is 2.14. The first kappa shape index (κ1) is 24.5. The molecule has 1 aromatic heterocycles. The maximum atomic E-state index is 14.4. The van der Waals surface area contributed by atoms with Gasteiger partial charge in [-0.05, 0) is 50.3 Å². The van der Waals surface area contributed by atoms with Crippen molar-refractivity contribution in [1.82, 2.24) is 5.32 Å². The fourth-order valence-corrected chi connectivity index (χ4v) is 4.95.